The second-order valence-corrected chi connectivity index (χ2v) is 6.86. The number of aromatic carboxylic acids is 1. The van der Waals surface area contributed by atoms with Gasteiger partial charge in [0.05, 0.1) is 16.8 Å². The number of alkyl halides is 4. The van der Waals surface area contributed by atoms with Crippen molar-refractivity contribution in [2.24, 2.45) is 0 Å². The first-order valence-electron chi connectivity index (χ1n) is 8.31. The molecule has 0 spiro atoms. The van der Waals surface area contributed by atoms with Crippen LogP contribution in [-0.4, -0.2) is 30.2 Å². The third kappa shape index (κ3) is 5.09. The number of carboxylic acids is 1. The Morgan fingerprint density at radius 1 is 0.935 bits per heavy atom. The van der Waals surface area contributed by atoms with E-state index in [1.165, 1.54) is 24.3 Å². The summed E-state index contributed by atoms with van der Waals surface area (Å²) < 4.78 is 58.0. The Morgan fingerprint density at radius 3 is 2.16 bits per heavy atom. The molecule has 0 aliphatic rings. The van der Waals surface area contributed by atoms with E-state index < -0.39 is 46.9 Å². The highest BCUT2D eigenvalue weighted by atomic mass is 32.1. The zero-order valence-corrected chi connectivity index (χ0v) is 15.9. The number of carboxylic acid groups (broad SMARTS) is 1. The first-order valence-corrected chi connectivity index (χ1v) is 9.12. The lowest BCUT2D eigenvalue weighted by Crippen LogP contribution is -2.20. The van der Waals surface area contributed by atoms with Gasteiger partial charge in [0.25, 0.3) is 5.91 Å². The number of carbonyl (C=O) groups is 2. The zero-order chi connectivity index (χ0) is 22.7. The van der Waals surface area contributed by atoms with Crippen LogP contribution in [0.3, 0.4) is 0 Å². The fourth-order valence-corrected chi connectivity index (χ4v) is 3.49. The van der Waals surface area contributed by atoms with Crippen LogP contribution >= 0.6 is 11.3 Å². The van der Waals surface area contributed by atoms with Gasteiger partial charge in [0.2, 0.25) is 4.74 Å². The molecule has 0 saturated carbocycles. The minimum absolute atomic E-state index is 0.0631. The van der Waals surface area contributed by atoms with Gasteiger partial charge < -0.3 is 19.9 Å². The summed E-state index contributed by atoms with van der Waals surface area (Å²) >= 11 is 0.486. The highest BCUT2D eigenvalue weighted by Crippen LogP contribution is 2.35. The fraction of sp³-hybridized carbons (Fsp3) is 0.105. The lowest BCUT2D eigenvalue weighted by Gasteiger charge is -2.13. The molecule has 7 nitrogen and oxygen atoms in total. The Bertz CT molecular complexity index is 1210. The van der Waals surface area contributed by atoms with E-state index in [-0.39, 0.29) is 21.3 Å². The Kier molecular flexibility index (Phi) is 6.39. The fourth-order valence-electron chi connectivity index (χ4n) is 2.63. The predicted molar refractivity (Wildman–Crippen MR) is 103 cm³/mol. The molecular weight excluding hydrogens is 446 g/mol. The molecule has 0 aliphatic heterocycles. The first-order chi connectivity index (χ1) is 14.7. The van der Waals surface area contributed by atoms with Crippen LogP contribution in [-0.2, 0) is 0 Å². The summed E-state index contributed by atoms with van der Waals surface area (Å²) in [7, 11) is 0. The minimum Gasteiger partial charge on any atom is -0.478 e. The molecular formula is C19H11F4NO6S. The van der Waals surface area contributed by atoms with Crippen LogP contribution in [0.15, 0.2) is 47.3 Å². The van der Waals surface area contributed by atoms with Gasteiger partial charge in [-0.3, -0.25) is 9.59 Å². The number of rotatable bonds is 7. The quantitative estimate of drug-likeness (QED) is 0.510. The Morgan fingerprint density at radius 2 is 1.55 bits per heavy atom. The van der Waals surface area contributed by atoms with Crippen molar-refractivity contribution in [1.29, 1.82) is 0 Å². The number of nitrogens with one attached hydrogen (secondary N) is 1. The summed E-state index contributed by atoms with van der Waals surface area (Å²) in [5.74, 6) is -3.66. The monoisotopic (exact) mass is 457 g/mol. The van der Waals surface area contributed by atoms with E-state index in [1.54, 1.807) is 0 Å². The number of carbonyl (C=O) groups excluding carboxylic acids is 1. The standard InChI is InChI=1S/C19H11F4NO6S/c20-18(21)29-12-6-8-5-10(17(28)31-14(8)7-13(12)30-19(22)23)15(25)24-11-4-2-1-3-9(11)16(26)27/h1-7,18-19H,(H,24,25)(H,26,27). The van der Waals surface area contributed by atoms with Crippen molar-refractivity contribution in [3.05, 3.63) is 63.1 Å². The molecule has 0 unspecified atom stereocenters. The summed E-state index contributed by atoms with van der Waals surface area (Å²) in [6, 6.07) is 8.39. The molecule has 0 radical (unpaired) electrons. The molecule has 31 heavy (non-hydrogen) atoms. The molecule has 1 heterocycles. The highest BCUT2D eigenvalue weighted by Gasteiger charge is 2.20. The van der Waals surface area contributed by atoms with Gasteiger partial charge in [-0.25, -0.2) is 4.79 Å². The van der Waals surface area contributed by atoms with Crippen LogP contribution in [0, 0.1) is 0 Å². The number of anilines is 1. The smallest absolute Gasteiger partial charge is 0.387 e. The summed E-state index contributed by atoms with van der Waals surface area (Å²) in [5.41, 5.74) is -0.690. The van der Waals surface area contributed by atoms with E-state index in [2.05, 4.69) is 14.8 Å². The zero-order valence-electron chi connectivity index (χ0n) is 15.1. The number of ether oxygens (including phenoxy) is 2. The minimum atomic E-state index is -3.34. The number of benzene rings is 2. The topological polar surface area (TPSA) is 102 Å². The summed E-state index contributed by atoms with van der Waals surface area (Å²) in [6.45, 7) is -6.66. The van der Waals surface area contributed by atoms with Gasteiger partial charge in [0.1, 0.15) is 0 Å². The third-order valence-corrected chi connectivity index (χ3v) is 4.86. The number of amides is 1. The van der Waals surface area contributed by atoms with Crippen LogP contribution in [0.1, 0.15) is 20.7 Å². The molecule has 0 bridgehead atoms. The number of fused-ring (bicyclic) bond motifs is 1. The molecule has 0 fully saturated rings. The van der Waals surface area contributed by atoms with Crippen molar-refractivity contribution in [1.82, 2.24) is 0 Å². The summed E-state index contributed by atoms with van der Waals surface area (Å²) in [5, 5.41) is 11.6. The maximum atomic E-state index is 12.6. The second kappa shape index (κ2) is 9.00. The number of hydrogen-bond donors (Lipinski definition) is 2. The number of hydrogen-bond acceptors (Lipinski definition) is 6. The molecule has 1 amide bonds. The molecule has 162 valence electrons. The SMILES string of the molecule is O=C(O)c1ccccc1NC(=O)c1cc2cc(OC(F)F)c(OC(F)F)cc2sc1=O. The molecule has 1 aromatic heterocycles. The van der Waals surface area contributed by atoms with Crippen molar-refractivity contribution in [2.75, 3.05) is 5.32 Å². The molecule has 0 aliphatic carbocycles. The van der Waals surface area contributed by atoms with E-state index in [4.69, 9.17) is 0 Å². The molecule has 0 saturated heterocycles. The van der Waals surface area contributed by atoms with Gasteiger partial charge in [-0.1, -0.05) is 23.5 Å². The lowest BCUT2D eigenvalue weighted by atomic mass is 10.1. The van der Waals surface area contributed by atoms with Crippen molar-refractivity contribution >= 4 is 39.0 Å². The molecule has 2 aromatic carbocycles. The maximum Gasteiger partial charge on any atom is 0.387 e. The van der Waals surface area contributed by atoms with Crippen molar-refractivity contribution in [3.8, 4) is 11.5 Å². The molecule has 2 N–H and O–H groups in total. The molecule has 0 atom stereocenters. The molecule has 3 aromatic rings. The van der Waals surface area contributed by atoms with Crippen LogP contribution in [0.25, 0.3) is 10.1 Å². The molecule has 12 heteroatoms. The van der Waals surface area contributed by atoms with E-state index in [0.717, 1.165) is 18.2 Å². The van der Waals surface area contributed by atoms with Crippen LogP contribution < -0.4 is 19.5 Å². The van der Waals surface area contributed by atoms with E-state index in [9.17, 15) is 37.1 Å². The van der Waals surface area contributed by atoms with E-state index in [0.29, 0.717) is 11.3 Å². The van der Waals surface area contributed by atoms with Gasteiger partial charge in [-0.15, -0.1) is 0 Å². The first kappa shape index (κ1) is 22.0. The van der Waals surface area contributed by atoms with Crippen LogP contribution in [0.4, 0.5) is 23.2 Å². The lowest BCUT2D eigenvalue weighted by molar-refractivity contribution is -0.0690. The van der Waals surface area contributed by atoms with Crippen molar-refractivity contribution in [3.63, 3.8) is 0 Å². The Hall–Kier alpha value is -3.67. The van der Waals surface area contributed by atoms with Crippen LogP contribution in [0.2, 0.25) is 0 Å². The highest BCUT2D eigenvalue weighted by molar-refractivity contribution is 7.16. The van der Waals surface area contributed by atoms with Gasteiger partial charge in [-0.2, -0.15) is 17.6 Å². The average Bonchev–Trinajstić information content (AvgIpc) is 2.67. The summed E-state index contributed by atoms with van der Waals surface area (Å²) in [4.78, 5) is 36.2. The van der Waals surface area contributed by atoms with Gasteiger partial charge >= 0.3 is 19.2 Å². The number of halogens is 4. The number of para-hydroxylation sites is 1. The predicted octanol–water partition coefficient (Wildman–Crippen LogP) is 4.41. The second-order valence-electron chi connectivity index (χ2n) is 5.85. The van der Waals surface area contributed by atoms with Gasteiger partial charge in [0, 0.05) is 10.8 Å². The van der Waals surface area contributed by atoms with Crippen molar-refractivity contribution in [2.45, 2.75) is 13.2 Å². The maximum absolute atomic E-state index is 12.6. The average molecular weight is 457 g/mol. The van der Waals surface area contributed by atoms with Gasteiger partial charge in [0.15, 0.2) is 11.5 Å². The Labute approximate surface area is 174 Å². The van der Waals surface area contributed by atoms with E-state index >= 15 is 0 Å². The van der Waals surface area contributed by atoms with Crippen molar-refractivity contribution < 1.29 is 41.7 Å². The molecule has 3 rings (SSSR count). The normalized spacial score (nSPS) is 11.0. The summed E-state index contributed by atoms with van der Waals surface area (Å²) in [6.07, 6.45) is 0. The van der Waals surface area contributed by atoms with Gasteiger partial charge in [-0.05, 0) is 29.7 Å². The largest absolute Gasteiger partial charge is 0.478 e. The van der Waals surface area contributed by atoms with E-state index in [1.807, 2.05) is 0 Å². The Balaban J connectivity index is 2.04. The van der Waals surface area contributed by atoms with Crippen LogP contribution in [0.5, 0.6) is 11.5 Å². The third-order valence-electron chi connectivity index (χ3n) is 3.88.